The van der Waals surface area contributed by atoms with Gasteiger partial charge in [-0.3, -0.25) is 0 Å². The highest BCUT2D eigenvalue weighted by molar-refractivity contribution is 5.33. The van der Waals surface area contributed by atoms with Crippen LogP contribution < -0.4 is 10.1 Å². The molecule has 2 rings (SSSR count). The van der Waals surface area contributed by atoms with E-state index in [1.54, 1.807) is 13.4 Å². The molecule has 1 N–H and O–H groups in total. The molecule has 1 aromatic heterocycles. The molecule has 0 spiro atoms. The summed E-state index contributed by atoms with van der Waals surface area (Å²) in [6.07, 6.45) is 3.68. The fourth-order valence-electron chi connectivity index (χ4n) is 2.23. The van der Waals surface area contributed by atoms with E-state index in [2.05, 4.69) is 18.3 Å². The molecule has 19 heavy (non-hydrogen) atoms. The predicted octanol–water partition coefficient (Wildman–Crippen LogP) is 3.57. The van der Waals surface area contributed by atoms with Gasteiger partial charge in [-0.25, -0.2) is 0 Å². The fraction of sp³-hybridized carbons (Fsp3) is 0.375. The van der Waals surface area contributed by atoms with Crippen molar-refractivity contribution in [1.82, 2.24) is 5.32 Å². The van der Waals surface area contributed by atoms with Crippen LogP contribution in [-0.4, -0.2) is 13.7 Å². The Kier molecular flexibility index (Phi) is 5.04. The summed E-state index contributed by atoms with van der Waals surface area (Å²) in [7, 11) is 1.71. The topological polar surface area (TPSA) is 34.4 Å². The largest absolute Gasteiger partial charge is 0.496 e. The summed E-state index contributed by atoms with van der Waals surface area (Å²) in [5, 5.41) is 3.52. The van der Waals surface area contributed by atoms with Gasteiger partial charge in [-0.1, -0.05) is 25.1 Å². The Bertz CT molecular complexity index is 479. The number of nitrogens with one attached hydrogen (secondary N) is 1. The standard InChI is InChI=1S/C16H21NO2/c1-3-14(16-9-6-12-19-16)17-11-10-13-7-4-5-8-15(13)18-2/h4-9,12,14,17H,3,10-11H2,1-2H3. The van der Waals surface area contributed by atoms with Gasteiger partial charge in [0.05, 0.1) is 19.4 Å². The molecule has 1 unspecified atom stereocenters. The quantitative estimate of drug-likeness (QED) is 0.825. The number of hydrogen-bond acceptors (Lipinski definition) is 3. The minimum absolute atomic E-state index is 0.282. The van der Waals surface area contributed by atoms with Crippen molar-refractivity contribution >= 4 is 0 Å². The Morgan fingerprint density at radius 3 is 2.74 bits per heavy atom. The van der Waals surface area contributed by atoms with Gasteiger partial charge in [0, 0.05) is 0 Å². The minimum Gasteiger partial charge on any atom is -0.496 e. The van der Waals surface area contributed by atoms with Gasteiger partial charge in [-0.05, 0) is 43.1 Å². The van der Waals surface area contributed by atoms with Crippen molar-refractivity contribution in [3.05, 3.63) is 54.0 Å². The molecule has 3 nitrogen and oxygen atoms in total. The zero-order valence-corrected chi connectivity index (χ0v) is 11.6. The van der Waals surface area contributed by atoms with Gasteiger partial charge in [0.2, 0.25) is 0 Å². The number of methoxy groups -OCH3 is 1. The number of ether oxygens (including phenoxy) is 1. The van der Waals surface area contributed by atoms with E-state index >= 15 is 0 Å². The van der Waals surface area contributed by atoms with Crippen molar-refractivity contribution in [2.45, 2.75) is 25.8 Å². The molecule has 3 heteroatoms. The number of hydrogen-bond donors (Lipinski definition) is 1. The summed E-state index contributed by atoms with van der Waals surface area (Å²) in [4.78, 5) is 0. The molecule has 0 saturated heterocycles. The molecule has 0 bridgehead atoms. The van der Waals surface area contributed by atoms with E-state index < -0.39 is 0 Å². The van der Waals surface area contributed by atoms with Crippen LogP contribution in [0.2, 0.25) is 0 Å². The average Bonchev–Trinajstić information content (AvgIpc) is 2.98. The van der Waals surface area contributed by atoms with E-state index in [1.807, 2.05) is 30.3 Å². The number of benzene rings is 1. The second kappa shape index (κ2) is 7.00. The van der Waals surface area contributed by atoms with E-state index in [4.69, 9.17) is 9.15 Å². The average molecular weight is 259 g/mol. The summed E-state index contributed by atoms with van der Waals surface area (Å²) in [5.74, 6) is 1.96. The summed E-state index contributed by atoms with van der Waals surface area (Å²) >= 11 is 0. The predicted molar refractivity (Wildman–Crippen MR) is 76.4 cm³/mol. The molecular weight excluding hydrogens is 238 g/mol. The molecule has 0 aliphatic heterocycles. The Balaban J connectivity index is 1.89. The van der Waals surface area contributed by atoms with Crippen LogP contribution in [0, 0.1) is 0 Å². The molecule has 0 amide bonds. The summed E-state index contributed by atoms with van der Waals surface area (Å²) in [6, 6.07) is 12.4. The lowest BCUT2D eigenvalue weighted by Crippen LogP contribution is -2.23. The number of furan rings is 1. The third-order valence-corrected chi connectivity index (χ3v) is 3.27. The molecule has 102 valence electrons. The Labute approximate surface area is 114 Å². The third kappa shape index (κ3) is 3.61. The van der Waals surface area contributed by atoms with Crippen molar-refractivity contribution in [2.75, 3.05) is 13.7 Å². The normalized spacial score (nSPS) is 12.3. The molecule has 0 saturated carbocycles. The first-order valence-corrected chi connectivity index (χ1v) is 6.73. The highest BCUT2D eigenvalue weighted by Crippen LogP contribution is 2.19. The fourth-order valence-corrected chi connectivity index (χ4v) is 2.23. The second-order valence-electron chi connectivity index (χ2n) is 4.49. The number of para-hydroxylation sites is 1. The van der Waals surface area contributed by atoms with Crippen LogP contribution >= 0.6 is 0 Å². The zero-order valence-electron chi connectivity index (χ0n) is 11.6. The highest BCUT2D eigenvalue weighted by Gasteiger charge is 2.11. The molecule has 1 aromatic carbocycles. The Morgan fingerprint density at radius 1 is 1.21 bits per heavy atom. The molecule has 0 aliphatic carbocycles. The van der Waals surface area contributed by atoms with Crippen LogP contribution in [0.5, 0.6) is 5.75 Å². The zero-order chi connectivity index (χ0) is 13.5. The maximum Gasteiger partial charge on any atom is 0.122 e. The van der Waals surface area contributed by atoms with Gasteiger partial charge in [0.1, 0.15) is 11.5 Å². The van der Waals surface area contributed by atoms with Gasteiger partial charge in [0.25, 0.3) is 0 Å². The smallest absolute Gasteiger partial charge is 0.122 e. The van der Waals surface area contributed by atoms with E-state index in [9.17, 15) is 0 Å². The van der Waals surface area contributed by atoms with Crippen molar-refractivity contribution in [2.24, 2.45) is 0 Å². The first kappa shape index (κ1) is 13.7. The maximum atomic E-state index is 5.45. The van der Waals surface area contributed by atoms with Crippen LogP contribution in [0.3, 0.4) is 0 Å². The van der Waals surface area contributed by atoms with Crippen molar-refractivity contribution < 1.29 is 9.15 Å². The molecule has 0 fully saturated rings. The van der Waals surface area contributed by atoms with Crippen LogP contribution in [0.1, 0.15) is 30.7 Å². The van der Waals surface area contributed by atoms with Crippen molar-refractivity contribution in [1.29, 1.82) is 0 Å². The lowest BCUT2D eigenvalue weighted by atomic mass is 10.1. The summed E-state index contributed by atoms with van der Waals surface area (Å²) < 4.78 is 10.8. The summed E-state index contributed by atoms with van der Waals surface area (Å²) in [6.45, 7) is 3.06. The minimum atomic E-state index is 0.282. The van der Waals surface area contributed by atoms with Gasteiger partial charge in [-0.2, -0.15) is 0 Å². The molecule has 1 heterocycles. The third-order valence-electron chi connectivity index (χ3n) is 3.27. The molecule has 0 aliphatic rings. The Hall–Kier alpha value is -1.74. The SMILES string of the molecule is CCC(NCCc1ccccc1OC)c1ccco1. The molecule has 2 aromatic rings. The Morgan fingerprint density at radius 2 is 2.05 bits per heavy atom. The summed E-state index contributed by atoms with van der Waals surface area (Å²) in [5.41, 5.74) is 1.23. The lowest BCUT2D eigenvalue weighted by molar-refractivity contribution is 0.398. The van der Waals surface area contributed by atoms with Crippen LogP contribution in [0.25, 0.3) is 0 Å². The van der Waals surface area contributed by atoms with Crippen molar-refractivity contribution in [3.63, 3.8) is 0 Å². The van der Waals surface area contributed by atoms with Crippen molar-refractivity contribution in [3.8, 4) is 5.75 Å². The number of rotatable bonds is 7. The van der Waals surface area contributed by atoms with Gasteiger partial charge in [0.15, 0.2) is 0 Å². The van der Waals surface area contributed by atoms with E-state index in [-0.39, 0.29) is 6.04 Å². The van der Waals surface area contributed by atoms with E-state index in [0.717, 1.165) is 30.9 Å². The first-order chi connectivity index (χ1) is 9.35. The molecular formula is C16H21NO2. The first-order valence-electron chi connectivity index (χ1n) is 6.73. The highest BCUT2D eigenvalue weighted by atomic mass is 16.5. The van der Waals surface area contributed by atoms with E-state index in [1.165, 1.54) is 5.56 Å². The maximum absolute atomic E-state index is 5.45. The van der Waals surface area contributed by atoms with E-state index in [0.29, 0.717) is 0 Å². The van der Waals surface area contributed by atoms with Gasteiger partial charge < -0.3 is 14.5 Å². The van der Waals surface area contributed by atoms with Crippen LogP contribution in [0.15, 0.2) is 47.1 Å². The second-order valence-corrected chi connectivity index (χ2v) is 4.49. The lowest BCUT2D eigenvalue weighted by Gasteiger charge is -2.15. The monoisotopic (exact) mass is 259 g/mol. The van der Waals surface area contributed by atoms with Gasteiger partial charge >= 0.3 is 0 Å². The van der Waals surface area contributed by atoms with Gasteiger partial charge in [-0.15, -0.1) is 0 Å². The molecule has 1 atom stereocenters. The molecule has 0 radical (unpaired) electrons. The van der Waals surface area contributed by atoms with Crippen LogP contribution in [-0.2, 0) is 6.42 Å². The van der Waals surface area contributed by atoms with Crippen LogP contribution in [0.4, 0.5) is 0 Å².